The number of Topliss-reactive ketones (excluding diaryl/α,β-unsaturated/α-hetero) is 1. The molecular weight excluding hydrogens is 307 g/mol. The predicted octanol–water partition coefficient (Wildman–Crippen LogP) is 3.24. The Hall–Kier alpha value is -1.68. The highest BCUT2D eigenvalue weighted by atomic mass is 35.5. The Morgan fingerprint density at radius 1 is 1.10 bits per heavy atom. The molecule has 3 rings (SSSR count). The first-order valence-electron chi connectivity index (χ1n) is 6.46. The van der Waals surface area contributed by atoms with Crippen LogP contribution in [0.3, 0.4) is 0 Å². The highest BCUT2D eigenvalue weighted by molar-refractivity contribution is 6.43. The third-order valence-electron chi connectivity index (χ3n) is 3.45. The summed E-state index contributed by atoms with van der Waals surface area (Å²) in [5.74, 6) is -0.175. The Morgan fingerprint density at radius 2 is 1.81 bits per heavy atom. The molecule has 5 heteroatoms. The third-order valence-corrected chi connectivity index (χ3v) is 4.29. The average molecular weight is 319 g/mol. The van der Waals surface area contributed by atoms with E-state index in [-0.39, 0.29) is 12.2 Å². The second-order valence-corrected chi connectivity index (χ2v) is 5.60. The first-order chi connectivity index (χ1) is 10.1. The number of benzene rings is 2. The minimum Gasteiger partial charge on any atom is -0.303 e. The molecule has 2 N–H and O–H groups in total. The molecule has 0 radical (unpaired) electrons. The van der Waals surface area contributed by atoms with Crippen molar-refractivity contribution in [2.24, 2.45) is 10.7 Å². The van der Waals surface area contributed by atoms with Crippen molar-refractivity contribution in [1.82, 2.24) is 0 Å². The average Bonchev–Trinajstić information content (AvgIpc) is 2.62. The Bertz CT molecular complexity index is 741. The molecule has 1 aliphatic heterocycles. The Morgan fingerprint density at radius 3 is 2.52 bits per heavy atom. The Labute approximate surface area is 132 Å². The monoisotopic (exact) mass is 318 g/mol. The van der Waals surface area contributed by atoms with Gasteiger partial charge in [0.1, 0.15) is 0 Å². The van der Waals surface area contributed by atoms with E-state index < -0.39 is 6.17 Å². The van der Waals surface area contributed by atoms with Gasteiger partial charge in [0, 0.05) is 17.5 Å². The summed E-state index contributed by atoms with van der Waals surface area (Å²) in [6.07, 6.45) is -0.752. The minimum absolute atomic E-state index is 0.135. The minimum atomic E-state index is -0.887. The van der Waals surface area contributed by atoms with E-state index in [1.165, 1.54) is 0 Å². The van der Waals surface area contributed by atoms with Gasteiger partial charge < -0.3 is 5.73 Å². The molecule has 0 spiro atoms. The number of hydrogen-bond donors (Lipinski definition) is 1. The van der Waals surface area contributed by atoms with Crippen molar-refractivity contribution in [1.29, 1.82) is 0 Å². The van der Waals surface area contributed by atoms with E-state index in [0.29, 0.717) is 21.3 Å². The molecule has 1 atom stereocenters. The van der Waals surface area contributed by atoms with Crippen molar-refractivity contribution >= 4 is 34.7 Å². The van der Waals surface area contributed by atoms with Crippen LogP contribution in [-0.2, 0) is 11.2 Å². The largest absolute Gasteiger partial charge is 0.303 e. The van der Waals surface area contributed by atoms with Gasteiger partial charge in [0.25, 0.3) is 0 Å². The van der Waals surface area contributed by atoms with Crippen molar-refractivity contribution in [2.45, 2.75) is 12.6 Å². The molecule has 1 aliphatic rings. The third kappa shape index (κ3) is 2.60. The predicted molar refractivity (Wildman–Crippen MR) is 85.2 cm³/mol. The zero-order valence-corrected chi connectivity index (χ0v) is 12.5. The van der Waals surface area contributed by atoms with Crippen molar-refractivity contribution < 1.29 is 4.79 Å². The normalized spacial score (nSPS) is 18.0. The number of nitrogens with zero attached hydrogens (tertiary/aromatic N) is 1. The van der Waals surface area contributed by atoms with Crippen LogP contribution in [0, 0.1) is 0 Å². The number of ketones is 1. The zero-order chi connectivity index (χ0) is 15.0. The standard InChI is InChI=1S/C16H12Cl2N2O/c17-12-7-6-10-11(14(12)18)8-13(21)16(19)20-15(10)9-4-2-1-3-5-9/h1-7,16H,8,19H2. The van der Waals surface area contributed by atoms with Crippen LogP contribution in [-0.4, -0.2) is 17.7 Å². The van der Waals surface area contributed by atoms with Gasteiger partial charge in [-0.2, -0.15) is 0 Å². The first kappa shape index (κ1) is 14.3. The lowest BCUT2D eigenvalue weighted by molar-refractivity contribution is -0.119. The number of aliphatic imine (C=N–C) groups is 1. The Kier molecular flexibility index (Phi) is 3.81. The van der Waals surface area contributed by atoms with Gasteiger partial charge in [0.2, 0.25) is 0 Å². The van der Waals surface area contributed by atoms with Crippen molar-refractivity contribution in [2.75, 3.05) is 0 Å². The van der Waals surface area contributed by atoms with Gasteiger partial charge in [-0.3, -0.25) is 9.79 Å². The molecule has 0 bridgehead atoms. The Balaban J connectivity index is 2.27. The molecule has 2 aromatic rings. The van der Waals surface area contributed by atoms with E-state index in [0.717, 1.165) is 11.1 Å². The maximum Gasteiger partial charge on any atom is 0.176 e. The van der Waals surface area contributed by atoms with Crippen LogP contribution in [0.25, 0.3) is 0 Å². The van der Waals surface area contributed by atoms with Crippen LogP contribution < -0.4 is 5.73 Å². The fraction of sp³-hybridized carbons (Fsp3) is 0.125. The topological polar surface area (TPSA) is 55.4 Å². The van der Waals surface area contributed by atoms with Crippen molar-refractivity contribution in [3.63, 3.8) is 0 Å². The molecule has 0 aliphatic carbocycles. The number of halogens is 2. The maximum atomic E-state index is 12.1. The molecule has 0 aromatic heterocycles. The maximum absolute atomic E-state index is 12.1. The van der Waals surface area contributed by atoms with E-state index in [1.807, 2.05) is 36.4 Å². The van der Waals surface area contributed by atoms with E-state index in [9.17, 15) is 4.79 Å². The van der Waals surface area contributed by atoms with Crippen molar-refractivity contribution in [3.05, 3.63) is 69.2 Å². The smallest absolute Gasteiger partial charge is 0.176 e. The van der Waals surface area contributed by atoms with E-state index in [2.05, 4.69) is 4.99 Å². The molecule has 3 nitrogen and oxygen atoms in total. The molecule has 1 heterocycles. The second-order valence-electron chi connectivity index (χ2n) is 4.82. The highest BCUT2D eigenvalue weighted by Gasteiger charge is 2.25. The SMILES string of the molecule is NC1N=C(c2ccccc2)c2ccc(Cl)c(Cl)c2CC1=O. The molecule has 0 amide bonds. The van der Waals surface area contributed by atoms with Crippen molar-refractivity contribution in [3.8, 4) is 0 Å². The van der Waals surface area contributed by atoms with Gasteiger partial charge in [-0.1, -0.05) is 59.6 Å². The van der Waals surface area contributed by atoms with E-state index in [1.54, 1.807) is 6.07 Å². The summed E-state index contributed by atoms with van der Waals surface area (Å²) in [7, 11) is 0. The van der Waals surface area contributed by atoms with Crippen LogP contribution in [0.4, 0.5) is 0 Å². The second kappa shape index (κ2) is 5.60. The summed E-state index contributed by atoms with van der Waals surface area (Å²) in [4.78, 5) is 16.5. The first-order valence-corrected chi connectivity index (χ1v) is 7.22. The summed E-state index contributed by atoms with van der Waals surface area (Å²) in [6, 6.07) is 13.1. The van der Waals surface area contributed by atoms with Crippen LogP contribution in [0.1, 0.15) is 16.7 Å². The van der Waals surface area contributed by atoms with Crippen LogP contribution in [0.5, 0.6) is 0 Å². The molecule has 0 saturated heterocycles. The number of fused-ring (bicyclic) bond motifs is 1. The number of rotatable bonds is 1. The molecule has 0 saturated carbocycles. The van der Waals surface area contributed by atoms with Gasteiger partial charge in [0.15, 0.2) is 11.9 Å². The zero-order valence-electron chi connectivity index (χ0n) is 11.0. The fourth-order valence-corrected chi connectivity index (χ4v) is 2.78. The number of nitrogens with two attached hydrogens (primary N) is 1. The lowest BCUT2D eigenvalue weighted by Crippen LogP contribution is -2.29. The molecule has 1 unspecified atom stereocenters. The van der Waals surface area contributed by atoms with Gasteiger partial charge >= 0.3 is 0 Å². The number of carbonyl (C=O) groups excluding carboxylic acids is 1. The van der Waals surface area contributed by atoms with Gasteiger partial charge in [0.05, 0.1) is 15.8 Å². The number of carbonyl (C=O) groups is 1. The summed E-state index contributed by atoms with van der Waals surface area (Å²) in [5, 5.41) is 0.811. The fourth-order valence-electron chi connectivity index (χ4n) is 2.37. The summed E-state index contributed by atoms with van der Waals surface area (Å²) >= 11 is 12.3. The van der Waals surface area contributed by atoms with Gasteiger partial charge in [-0.15, -0.1) is 0 Å². The van der Waals surface area contributed by atoms with E-state index >= 15 is 0 Å². The summed E-state index contributed by atoms with van der Waals surface area (Å²) in [6.45, 7) is 0. The molecule has 0 fully saturated rings. The molecular formula is C16H12Cl2N2O. The van der Waals surface area contributed by atoms with Gasteiger partial charge in [-0.05, 0) is 11.6 Å². The van der Waals surface area contributed by atoms with Gasteiger partial charge in [-0.25, -0.2) is 0 Å². The van der Waals surface area contributed by atoms with Crippen LogP contribution in [0.2, 0.25) is 10.0 Å². The quantitative estimate of drug-likeness (QED) is 0.877. The lowest BCUT2D eigenvalue weighted by Gasteiger charge is -2.12. The molecule has 2 aromatic carbocycles. The molecule has 21 heavy (non-hydrogen) atoms. The lowest BCUT2D eigenvalue weighted by atomic mass is 9.96. The number of hydrogen-bond acceptors (Lipinski definition) is 3. The summed E-state index contributed by atoms with van der Waals surface area (Å²) in [5.41, 5.74) is 8.91. The molecule has 106 valence electrons. The van der Waals surface area contributed by atoms with Crippen LogP contribution >= 0.6 is 23.2 Å². The van der Waals surface area contributed by atoms with E-state index in [4.69, 9.17) is 28.9 Å². The van der Waals surface area contributed by atoms with Crippen LogP contribution in [0.15, 0.2) is 47.5 Å². The summed E-state index contributed by atoms with van der Waals surface area (Å²) < 4.78 is 0. The highest BCUT2D eigenvalue weighted by Crippen LogP contribution is 2.32.